The summed E-state index contributed by atoms with van der Waals surface area (Å²) in [7, 11) is 2.11. The Morgan fingerprint density at radius 3 is 2.55 bits per heavy atom. The first-order valence-corrected chi connectivity index (χ1v) is 7.06. The fourth-order valence-corrected chi connectivity index (χ4v) is 3.63. The van der Waals surface area contributed by atoms with Crippen molar-refractivity contribution >= 4 is 12.2 Å². The Morgan fingerprint density at radius 2 is 2.10 bits per heavy atom. The van der Waals surface area contributed by atoms with Crippen LogP contribution < -0.4 is 5.73 Å². The largest absolute Gasteiger partial charge is 0.366 e. The molecule has 2 atom stereocenters. The van der Waals surface area contributed by atoms with Gasteiger partial charge in [-0.05, 0) is 52.8 Å². The molecule has 1 aliphatic heterocycles. The van der Waals surface area contributed by atoms with Crippen LogP contribution in [0.3, 0.4) is 0 Å². The molecule has 1 amide bonds. The molecule has 2 heterocycles. The lowest BCUT2D eigenvalue weighted by atomic mass is 10.1. The average Bonchev–Trinajstić information content (AvgIpc) is 2.90. The van der Waals surface area contributed by atoms with Crippen LogP contribution in [0.25, 0.3) is 0 Å². The summed E-state index contributed by atoms with van der Waals surface area (Å²) < 4.78 is 1.98. The van der Waals surface area contributed by atoms with Gasteiger partial charge in [0.1, 0.15) is 0 Å². The number of hydrogen-bond donors (Lipinski definition) is 1. The molecule has 1 saturated heterocycles. The molecule has 1 aromatic rings. The maximum atomic E-state index is 11.6. The molecule has 110 valence electrons. The van der Waals surface area contributed by atoms with Crippen molar-refractivity contribution in [3.05, 3.63) is 22.5 Å². The highest BCUT2D eigenvalue weighted by atomic mass is 16.1. The summed E-state index contributed by atoms with van der Waals surface area (Å²) in [6.45, 7) is 6.84. The van der Waals surface area contributed by atoms with Crippen LogP contribution in [0.2, 0.25) is 0 Å². The van der Waals surface area contributed by atoms with Gasteiger partial charge in [0, 0.05) is 17.8 Å². The van der Waals surface area contributed by atoms with Gasteiger partial charge in [0.15, 0.2) is 6.29 Å². The second-order valence-electron chi connectivity index (χ2n) is 5.75. The number of likely N-dealkylation sites (tertiary alicyclic amines) is 1. The van der Waals surface area contributed by atoms with Crippen LogP contribution in [0, 0.1) is 13.8 Å². The van der Waals surface area contributed by atoms with Gasteiger partial charge in [0.25, 0.3) is 5.91 Å². The number of likely N-dealkylation sites (N-methyl/N-ethyl adjacent to an activating group) is 1. The van der Waals surface area contributed by atoms with Crippen molar-refractivity contribution < 1.29 is 9.59 Å². The van der Waals surface area contributed by atoms with Crippen molar-refractivity contribution in [2.45, 2.75) is 45.7 Å². The van der Waals surface area contributed by atoms with Crippen LogP contribution in [0.5, 0.6) is 0 Å². The van der Waals surface area contributed by atoms with Gasteiger partial charge in [-0.2, -0.15) is 0 Å². The Hall–Kier alpha value is -1.62. The standard InChI is InChI=1S/C15H23N3O2/c1-9-13(8-19)18(11(3)14(9)15(16)20)10(2)12-6-5-7-17(12)4/h8,10,12H,5-7H2,1-4H3,(H2,16,20). The SMILES string of the molecule is Cc1c(C(N)=O)c(C)n(C(C)C2CCCN2C)c1C=O. The average molecular weight is 277 g/mol. The van der Waals surface area contributed by atoms with Crippen LogP contribution in [0.15, 0.2) is 0 Å². The lowest BCUT2D eigenvalue weighted by Crippen LogP contribution is -2.33. The van der Waals surface area contributed by atoms with E-state index in [1.165, 1.54) is 6.42 Å². The Bertz CT molecular complexity index is 548. The molecule has 0 aliphatic carbocycles. The van der Waals surface area contributed by atoms with Gasteiger partial charge in [0.05, 0.1) is 11.3 Å². The first-order chi connectivity index (χ1) is 9.40. The molecule has 2 unspecified atom stereocenters. The molecule has 1 aliphatic rings. The van der Waals surface area contributed by atoms with E-state index >= 15 is 0 Å². The summed E-state index contributed by atoms with van der Waals surface area (Å²) >= 11 is 0. The monoisotopic (exact) mass is 277 g/mol. The highest BCUT2D eigenvalue weighted by molar-refractivity contribution is 5.98. The minimum atomic E-state index is -0.464. The minimum Gasteiger partial charge on any atom is -0.366 e. The molecule has 0 saturated carbocycles. The molecule has 2 N–H and O–H groups in total. The topological polar surface area (TPSA) is 68.3 Å². The van der Waals surface area contributed by atoms with Gasteiger partial charge in [-0.3, -0.25) is 9.59 Å². The highest BCUT2D eigenvalue weighted by Crippen LogP contribution is 2.31. The van der Waals surface area contributed by atoms with Crippen molar-refractivity contribution in [3.8, 4) is 0 Å². The highest BCUT2D eigenvalue weighted by Gasteiger charge is 2.31. The van der Waals surface area contributed by atoms with Gasteiger partial charge in [0.2, 0.25) is 0 Å². The zero-order valence-corrected chi connectivity index (χ0v) is 12.6. The van der Waals surface area contributed by atoms with Crippen LogP contribution in [0.1, 0.15) is 57.9 Å². The zero-order chi connectivity index (χ0) is 15.0. The predicted octanol–water partition coefficient (Wildman–Crippen LogP) is 1.67. The number of rotatable bonds is 4. The van der Waals surface area contributed by atoms with E-state index in [1.807, 2.05) is 11.5 Å². The Labute approximate surface area is 119 Å². The summed E-state index contributed by atoms with van der Waals surface area (Å²) in [5, 5.41) is 0. The second kappa shape index (κ2) is 5.40. The van der Waals surface area contributed by atoms with Gasteiger partial charge >= 0.3 is 0 Å². The number of aromatic nitrogens is 1. The van der Waals surface area contributed by atoms with E-state index in [-0.39, 0.29) is 6.04 Å². The first kappa shape index (κ1) is 14.8. The third-order valence-electron chi connectivity index (χ3n) is 4.64. The number of primary amides is 1. The molecule has 0 spiro atoms. The molecule has 0 radical (unpaired) electrons. The van der Waals surface area contributed by atoms with Crippen molar-refractivity contribution in [2.24, 2.45) is 5.73 Å². The van der Waals surface area contributed by atoms with Crippen molar-refractivity contribution in [2.75, 3.05) is 13.6 Å². The first-order valence-electron chi connectivity index (χ1n) is 7.06. The van der Waals surface area contributed by atoms with Crippen molar-refractivity contribution in [1.29, 1.82) is 0 Å². The van der Waals surface area contributed by atoms with E-state index in [2.05, 4.69) is 18.9 Å². The summed E-state index contributed by atoms with van der Waals surface area (Å²) in [6.07, 6.45) is 3.11. The second-order valence-corrected chi connectivity index (χ2v) is 5.75. The zero-order valence-electron chi connectivity index (χ0n) is 12.6. The lowest BCUT2D eigenvalue weighted by Gasteiger charge is -2.29. The maximum Gasteiger partial charge on any atom is 0.250 e. The van der Waals surface area contributed by atoms with Gasteiger partial charge in [-0.1, -0.05) is 0 Å². The predicted molar refractivity (Wildman–Crippen MR) is 78.2 cm³/mol. The fourth-order valence-electron chi connectivity index (χ4n) is 3.63. The van der Waals surface area contributed by atoms with Crippen LogP contribution in [0.4, 0.5) is 0 Å². The number of aldehydes is 1. The molecule has 20 heavy (non-hydrogen) atoms. The molecule has 1 fully saturated rings. The third-order valence-corrected chi connectivity index (χ3v) is 4.64. The quantitative estimate of drug-likeness (QED) is 0.851. The van der Waals surface area contributed by atoms with Crippen LogP contribution in [-0.2, 0) is 0 Å². The van der Waals surface area contributed by atoms with E-state index in [0.29, 0.717) is 22.9 Å². The molecule has 1 aromatic heterocycles. The van der Waals surface area contributed by atoms with Crippen LogP contribution >= 0.6 is 0 Å². The lowest BCUT2D eigenvalue weighted by molar-refractivity contribution is 0.0998. The maximum absolute atomic E-state index is 11.6. The molecule has 2 rings (SSSR count). The number of carbonyl (C=O) groups excluding carboxylic acids is 2. The summed E-state index contributed by atoms with van der Waals surface area (Å²) in [5.41, 5.74) is 8.00. The molecular weight excluding hydrogens is 254 g/mol. The van der Waals surface area contributed by atoms with Crippen molar-refractivity contribution in [3.63, 3.8) is 0 Å². The van der Waals surface area contributed by atoms with E-state index < -0.39 is 5.91 Å². The van der Waals surface area contributed by atoms with E-state index in [9.17, 15) is 9.59 Å². The number of amides is 1. The molecular formula is C15H23N3O2. The van der Waals surface area contributed by atoms with E-state index in [0.717, 1.165) is 24.9 Å². The molecule has 5 heteroatoms. The Morgan fingerprint density at radius 1 is 1.45 bits per heavy atom. The third kappa shape index (κ3) is 2.16. The smallest absolute Gasteiger partial charge is 0.250 e. The number of nitrogens with two attached hydrogens (primary N) is 1. The van der Waals surface area contributed by atoms with Gasteiger partial charge in [-0.25, -0.2) is 0 Å². The normalized spacial score (nSPS) is 21.1. The Balaban J connectivity index is 2.53. The molecule has 0 aromatic carbocycles. The number of carbonyl (C=O) groups is 2. The van der Waals surface area contributed by atoms with Gasteiger partial charge < -0.3 is 15.2 Å². The summed E-state index contributed by atoms with van der Waals surface area (Å²) in [6, 6.07) is 0.537. The van der Waals surface area contributed by atoms with Gasteiger partial charge in [-0.15, -0.1) is 0 Å². The minimum absolute atomic E-state index is 0.148. The Kier molecular flexibility index (Phi) is 3.99. The summed E-state index contributed by atoms with van der Waals surface area (Å²) in [4.78, 5) is 25.4. The van der Waals surface area contributed by atoms with E-state index in [4.69, 9.17) is 5.73 Å². The molecule has 5 nitrogen and oxygen atoms in total. The summed E-state index contributed by atoms with van der Waals surface area (Å²) in [5.74, 6) is -0.464. The fraction of sp³-hybridized carbons (Fsp3) is 0.600. The van der Waals surface area contributed by atoms with E-state index in [1.54, 1.807) is 6.92 Å². The number of nitrogens with zero attached hydrogens (tertiary/aromatic N) is 2. The molecule has 0 bridgehead atoms. The number of hydrogen-bond acceptors (Lipinski definition) is 3. The van der Waals surface area contributed by atoms with Crippen molar-refractivity contribution in [1.82, 2.24) is 9.47 Å². The van der Waals surface area contributed by atoms with Crippen LogP contribution in [-0.4, -0.2) is 41.3 Å².